The Kier molecular flexibility index (Phi) is 3.96. The molecular formula is C11H10ClFN2O3S. The molecule has 0 spiro atoms. The maximum Gasteiger partial charge on any atom is 0.297 e. The molecule has 1 unspecified atom stereocenters. The van der Waals surface area contributed by atoms with Crippen LogP contribution in [0.3, 0.4) is 0 Å². The molecule has 1 saturated heterocycles. The Labute approximate surface area is 118 Å². The number of carbonyl (C=O) groups is 1. The highest BCUT2D eigenvalue weighted by atomic mass is 35.5. The highest BCUT2D eigenvalue weighted by Gasteiger charge is 2.35. The quantitative estimate of drug-likeness (QED) is 0.530. The Morgan fingerprint density at radius 2 is 2.26 bits per heavy atom. The SMILES string of the molecule is O=C1CC(CS)CN1c1c(Cl)cc(F)cc1[N+](=O)[O-]. The standard InChI is InChI=1S/C11H10ClFN2O3S/c12-8-2-7(13)3-9(15(17)18)11(8)14-4-6(5-19)1-10(14)16/h2-3,6,19H,1,4-5H2. The summed E-state index contributed by atoms with van der Waals surface area (Å²) >= 11 is 9.97. The smallest absolute Gasteiger partial charge is 0.297 e. The lowest BCUT2D eigenvalue weighted by molar-refractivity contribution is -0.384. The fourth-order valence-corrected chi connectivity index (χ4v) is 2.63. The van der Waals surface area contributed by atoms with Gasteiger partial charge in [0.1, 0.15) is 11.5 Å². The molecule has 1 aromatic rings. The molecule has 2 rings (SSSR count). The van der Waals surface area contributed by atoms with Gasteiger partial charge in [-0.05, 0) is 17.7 Å². The summed E-state index contributed by atoms with van der Waals surface area (Å²) in [6, 6.07) is 1.73. The number of nitro benzene ring substituents is 1. The predicted molar refractivity (Wildman–Crippen MR) is 72.4 cm³/mol. The summed E-state index contributed by atoms with van der Waals surface area (Å²) in [6.45, 7) is 0.300. The van der Waals surface area contributed by atoms with Crippen LogP contribution in [0, 0.1) is 21.8 Å². The van der Waals surface area contributed by atoms with Crippen LogP contribution in [0.5, 0.6) is 0 Å². The molecule has 0 aromatic heterocycles. The molecule has 19 heavy (non-hydrogen) atoms. The van der Waals surface area contributed by atoms with Gasteiger partial charge in [0.05, 0.1) is 16.0 Å². The zero-order chi connectivity index (χ0) is 14.2. The van der Waals surface area contributed by atoms with E-state index in [1.807, 2.05) is 0 Å². The van der Waals surface area contributed by atoms with Crippen LogP contribution in [-0.2, 0) is 4.79 Å². The third-order valence-corrected chi connectivity index (χ3v) is 3.74. The third-order valence-electron chi connectivity index (χ3n) is 2.94. The first-order chi connectivity index (χ1) is 8.93. The van der Waals surface area contributed by atoms with E-state index in [9.17, 15) is 19.3 Å². The fourth-order valence-electron chi connectivity index (χ4n) is 2.08. The van der Waals surface area contributed by atoms with Crippen LogP contribution in [0.15, 0.2) is 12.1 Å². The average Bonchev–Trinajstić information content (AvgIpc) is 2.69. The van der Waals surface area contributed by atoms with E-state index in [2.05, 4.69) is 12.6 Å². The van der Waals surface area contributed by atoms with Gasteiger partial charge in [-0.25, -0.2) is 4.39 Å². The number of nitrogens with zero attached hydrogens (tertiary/aromatic N) is 2. The van der Waals surface area contributed by atoms with Crippen molar-refractivity contribution in [3.8, 4) is 0 Å². The van der Waals surface area contributed by atoms with E-state index in [1.165, 1.54) is 4.90 Å². The molecule has 1 heterocycles. The van der Waals surface area contributed by atoms with Crippen LogP contribution in [0.1, 0.15) is 6.42 Å². The number of benzene rings is 1. The van der Waals surface area contributed by atoms with Gasteiger partial charge in [-0.15, -0.1) is 0 Å². The molecule has 8 heteroatoms. The molecular weight excluding hydrogens is 295 g/mol. The van der Waals surface area contributed by atoms with Crippen molar-refractivity contribution in [3.63, 3.8) is 0 Å². The molecule has 0 aliphatic carbocycles. The second kappa shape index (κ2) is 5.34. The van der Waals surface area contributed by atoms with E-state index in [0.717, 1.165) is 12.1 Å². The number of hydrogen-bond donors (Lipinski definition) is 1. The zero-order valence-electron chi connectivity index (χ0n) is 9.68. The summed E-state index contributed by atoms with van der Waals surface area (Å²) in [6.07, 6.45) is 0.258. The lowest BCUT2D eigenvalue weighted by Crippen LogP contribution is -2.26. The normalized spacial score (nSPS) is 19.0. The van der Waals surface area contributed by atoms with Gasteiger partial charge in [0, 0.05) is 13.0 Å². The fraction of sp³-hybridized carbons (Fsp3) is 0.364. The number of carbonyl (C=O) groups excluding carboxylic acids is 1. The van der Waals surface area contributed by atoms with Crippen LogP contribution >= 0.6 is 24.2 Å². The second-order valence-corrected chi connectivity index (χ2v) is 5.04. The molecule has 0 N–H and O–H groups in total. The Morgan fingerprint density at radius 3 is 2.79 bits per heavy atom. The summed E-state index contributed by atoms with van der Waals surface area (Å²) in [5.74, 6) is -0.570. The van der Waals surface area contributed by atoms with E-state index in [-0.39, 0.29) is 29.0 Å². The maximum atomic E-state index is 13.2. The largest absolute Gasteiger partial charge is 0.305 e. The van der Waals surface area contributed by atoms with Gasteiger partial charge in [-0.2, -0.15) is 12.6 Å². The van der Waals surface area contributed by atoms with Crippen LogP contribution in [0.25, 0.3) is 0 Å². The Morgan fingerprint density at radius 1 is 1.58 bits per heavy atom. The molecule has 1 aliphatic heterocycles. The molecule has 0 radical (unpaired) electrons. The Hall–Kier alpha value is -1.34. The van der Waals surface area contributed by atoms with Crippen molar-refractivity contribution in [3.05, 3.63) is 33.1 Å². The van der Waals surface area contributed by atoms with Gasteiger partial charge in [0.15, 0.2) is 0 Å². The maximum absolute atomic E-state index is 13.2. The number of amides is 1. The van der Waals surface area contributed by atoms with Gasteiger partial charge in [0.2, 0.25) is 5.91 Å². The van der Waals surface area contributed by atoms with Crippen LogP contribution in [-0.4, -0.2) is 23.1 Å². The average molecular weight is 305 g/mol. The van der Waals surface area contributed by atoms with Crippen molar-refractivity contribution in [2.75, 3.05) is 17.2 Å². The van der Waals surface area contributed by atoms with E-state index in [4.69, 9.17) is 11.6 Å². The first kappa shape index (κ1) is 14.1. The summed E-state index contributed by atoms with van der Waals surface area (Å²) in [5.41, 5.74) is -0.541. The molecule has 0 bridgehead atoms. The lowest BCUT2D eigenvalue weighted by Gasteiger charge is -2.18. The van der Waals surface area contributed by atoms with E-state index < -0.39 is 16.4 Å². The summed E-state index contributed by atoms with van der Waals surface area (Å²) in [7, 11) is 0. The highest BCUT2D eigenvalue weighted by Crippen LogP contribution is 2.39. The van der Waals surface area contributed by atoms with Crippen LogP contribution in [0.2, 0.25) is 5.02 Å². The lowest BCUT2D eigenvalue weighted by atomic mass is 10.1. The van der Waals surface area contributed by atoms with Crippen molar-refractivity contribution in [1.29, 1.82) is 0 Å². The van der Waals surface area contributed by atoms with Gasteiger partial charge < -0.3 is 4.90 Å². The second-order valence-electron chi connectivity index (χ2n) is 4.27. The monoisotopic (exact) mass is 304 g/mol. The molecule has 1 aromatic carbocycles. The molecule has 1 amide bonds. The number of rotatable bonds is 3. The van der Waals surface area contributed by atoms with E-state index in [1.54, 1.807) is 0 Å². The van der Waals surface area contributed by atoms with Gasteiger partial charge in [-0.1, -0.05) is 11.6 Å². The molecule has 0 saturated carbocycles. The van der Waals surface area contributed by atoms with Crippen LogP contribution < -0.4 is 4.90 Å². The molecule has 102 valence electrons. The zero-order valence-corrected chi connectivity index (χ0v) is 11.3. The number of halogens is 2. The van der Waals surface area contributed by atoms with Gasteiger partial charge in [-0.3, -0.25) is 14.9 Å². The van der Waals surface area contributed by atoms with Crippen LogP contribution in [0.4, 0.5) is 15.8 Å². The first-order valence-corrected chi connectivity index (χ1v) is 6.49. The van der Waals surface area contributed by atoms with Crippen molar-refractivity contribution in [1.82, 2.24) is 0 Å². The minimum Gasteiger partial charge on any atom is -0.305 e. The first-order valence-electron chi connectivity index (χ1n) is 5.48. The minimum absolute atomic E-state index is 0.0107. The van der Waals surface area contributed by atoms with E-state index >= 15 is 0 Å². The molecule has 1 aliphatic rings. The third kappa shape index (κ3) is 2.66. The summed E-state index contributed by atoms with van der Waals surface area (Å²) in [5, 5.41) is 10.8. The van der Waals surface area contributed by atoms with Crippen molar-refractivity contribution >= 4 is 41.5 Å². The number of hydrogen-bond acceptors (Lipinski definition) is 4. The topological polar surface area (TPSA) is 63.5 Å². The van der Waals surface area contributed by atoms with Gasteiger partial charge >= 0.3 is 0 Å². The van der Waals surface area contributed by atoms with Crippen molar-refractivity contribution < 1.29 is 14.1 Å². The summed E-state index contributed by atoms with van der Waals surface area (Å²) < 4.78 is 13.2. The highest BCUT2D eigenvalue weighted by molar-refractivity contribution is 7.80. The van der Waals surface area contributed by atoms with Crippen molar-refractivity contribution in [2.24, 2.45) is 5.92 Å². The molecule has 1 fully saturated rings. The van der Waals surface area contributed by atoms with E-state index in [0.29, 0.717) is 12.3 Å². The molecule has 5 nitrogen and oxygen atoms in total. The minimum atomic E-state index is -0.808. The Balaban J connectivity index is 2.50. The van der Waals surface area contributed by atoms with Crippen molar-refractivity contribution in [2.45, 2.75) is 6.42 Å². The predicted octanol–water partition coefficient (Wildman–Crippen LogP) is 2.67. The van der Waals surface area contributed by atoms with Gasteiger partial charge in [0.25, 0.3) is 5.69 Å². The number of thiol groups is 1. The Bertz CT molecular complexity index is 555. The number of anilines is 1. The molecule has 1 atom stereocenters. The number of nitro groups is 1. The summed E-state index contributed by atoms with van der Waals surface area (Å²) in [4.78, 5) is 23.3.